The molecule has 0 heterocycles. The van der Waals surface area contributed by atoms with Crippen LogP contribution in [-0.4, -0.2) is 50.4 Å². The van der Waals surface area contributed by atoms with Crippen molar-refractivity contribution in [3.63, 3.8) is 0 Å². The summed E-state index contributed by atoms with van der Waals surface area (Å²) in [5.41, 5.74) is 3.01. The molecule has 0 saturated carbocycles. The highest BCUT2D eigenvalue weighted by Crippen LogP contribution is 2.28. The van der Waals surface area contributed by atoms with Crippen LogP contribution in [0.2, 0.25) is 5.02 Å². The van der Waals surface area contributed by atoms with Crippen molar-refractivity contribution in [3.8, 4) is 5.75 Å². The third-order valence-corrected chi connectivity index (χ3v) is 9.90. The van der Waals surface area contributed by atoms with Gasteiger partial charge in [0.2, 0.25) is 11.8 Å². The van der Waals surface area contributed by atoms with Gasteiger partial charge in [-0.05, 0) is 86.8 Å². The lowest BCUT2D eigenvalue weighted by atomic mass is 10.0. The van der Waals surface area contributed by atoms with Crippen LogP contribution in [0.4, 0.5) is 5.69 Å². The first-order valence-corrected chi connectivity index (χ1v) is 17.5. The number of sulfonamides is 1. The Bertz CT molecular complexity index is 1720. The zero-order chi connectivity index (χ0) is 34.0. The summed E-state index contributed by atoms with van der Waals surface area (Å²) < 4.78 is 35.0. The van der Waals surface area contributed by atoms with Crippen LogP contribution in [0.3, 0.4) is 0 Å². The van der Waals surface area contributed by atoms with Crippen molar-refractivity contribution in [3.05, 3.63) is 125 Å². The summed E-state index contributed by atoms with van der Waals surface area (Å²) in [6.07, 6.45) is 0.953. The minimum Gasteiger partial charge on any atom is -0.494 e. The van der Waals surface area contributed by atoms with E-state index in [4.69, 9.17) is 16.3 Å². The number of amides is 2. The number of ether oxygens (including phenoxy) is 1. The Kier molecular flexibility index (Phi) is 12.4. The zero-order valence-electron chi connectivity index (χ0n) is 27.2. The van der Waals surface area contributed by atoms with E-state index >= 15 is 0 Å². The Balaban J connectivity index is 1.80. The fourth-order valence-corrected chi connectivity index (χ4v) is 6.56. The smallest absolute Gasteiger partial charge is 0.264 e. The van der Waals surface area contributed by atoms with Crippen molar-refractivity contribution in [2.75, 3.05) is 17.5 Å². The number of aryl methyl sites for hydroxylation is 1. The van der Waals surface area contributed by atoms with Crippen LogP contribution in [0.25, 0.3) is 0 Å². The summed E-state index contributed by atoms with van der Waals surface area (Å²) in [5.74, 6) is -0.272. The number of anilines is 1. The summed E-state index contributed by atoms with van der Waals surface area (Å²) in [4.78, 5) is 30.0. The molecule has 4 rings (SSSR count). The molecule has 0 aromatic heterocycles. The number of benzene rings is 4. The van der Waals surface area contributed by atoms with Gasteiger partial charge in [0.15, 0.2) is 0 Å². The average molecular weight is 676 g/mol. The van der Waals surface area contributed by atoms with Gasteiger partial charge in [0, 0.05) is 24.0 Å². The maximum Gasteiger partial charge on any atom is 0.264 e. The third kappa shape index (κ3) is 9.59. The van der Waals surface area contributed by atoms with E-state index in [9.17, 15) is 18.0 Å². The molecule has 2 unspecified atom stereocenters. The van der Waals surface area contributed by atoms with Crippen LogP contribution < -0.4 is 14.4 Å². The SMILES string of the molecule is CCOc1ccc(N(CC(=O)N(Cc2ccc(C)cc2)C(Cc2ccccc2)C(=O)NC(C)CC)S(=O)(=O)c2ccc(Cl)cc2)cc1. The maximum absolute atomic E-state index is 14.6. The summed E-state index contributed by atoms with van der Waals surface area (Å²) >= 11 is 6.07. The molecule has 0 bridgehead atoms. The van der Waals surface area contributed by atoms with Crippen molar-refractivity contribution >= 4 is 39.1 Å². The van der Waals surface area contributed by atoms with Crippen molar-refractivity contribution in [2.45, 2.75) is 64.1 Å². The van der Waals surface area contributed by atoms with Crippen molar-refractivity contribution in [1.82, 2.24) is 10.2 Å². The molecule has 2 amide bonds. The topological polar surface area (TPSA) is 96.0 Å². The van der Waals surface area contributed by atoms with Gasteiger partial charge in [0.1, 0.15) is 18.3 Å². The van der Waals surface area contributed by atoms with Crippen LogP contribution in [-0.2, 0) is 32.6 Å². The monoisotopic (exact) mass is 675 g/mol. The third-order valence-electron chi connectivity index (χ3n) is 7.86. The minimum absolute atomic E-state index is 0.0241. The van der Waals surface area contributed by atoms with E-state index in [1.807, 2.05) is 82.3 Å². The Morgan fingerprint density at radius 3 is 2.09 bits per heavy atom. The van der Waals surface area contributed by atoms with E-state index in [-0.39, 0.29) is 35.5 Å². The number of nitrogens with zero attached hydrogens (tertiary/aromatic N) is 2. The largest absolute Gasteiger partial charge is 0.494 e. The summed E-state index contributed by atoms with van der Waals surface area (Å²) in [6, 6.07) is 28.5. The van der Waals surface area contributed by atoms with Gasteiger partial charge in [-0.3, -0.25) is 13.9 Å². The normalized spacial score (nSPS) is 12.5. The van der Waals surface area contributed by atoms with E-state index in [2.05, 4.69) is 5.32 Å². The second kappa shape index (κ2) is 16.5. The maximum atomic E-state index is 14.6. The Morgan fingerprint density at radius 2 is 1.49 bits per heavy atom. The predicted molar refractivity (Wildman–Crippen MR) is 187 cm³/mol. The molecular weight excluding hydrogens is 634 g/mol. The van der Waals surface area contributed by atoms with Gasteiger partial charge < -0.3 is 15.0 Å². The first-order valence-electron chi connectivity index (χ1n) is 15.7. The standard InChI is InChI=1S/C37H42ClN3O5S/c1-5-28(4)39-37(43)35(24-29-10-8-7-9-11-29)40(25-30-14-12-27(3)13-15-30)36(42)26-41(32-18-20-33(21-19-32)46-6-2)47(44,45)34-22-16-31(38)17-23-34/h7-23,28,35H,5-6,24-26H2,1-4H3,(H,39,43). The van der Waals surface area contributed by atoms with E-state index in [0.29, 0.717) is 23.8 Å². The number of rotatable bonds is 15. The second-order valence-corrected chi connectivity index (χ2v) is 13.7. The number of hydrogen-bond acceptors (Lipinski definition) is 5. The molecule has 47 heavy (non-hydrogen) atoms. The van der Waals surface area contributed by atoms with Crippen LogP contribution in [0, 0.1) is 6.92 Å². The second-order valence-electron chi connectivity index (χ2n) is 11.4. The van der Waals surface area contributed by atoms with Crippen molar-refractivity contribution in [2.24, 2.45) is 0 Å². The molecule has 0 fully saturated rings. The quantitative estimate of drug-likeness (QED) is 0.150. The Morgan fingerprint density at radius 1 is 0.851 bits per heavy atom. The van der Waals surface area contributed by atoms with Gasteiger partial charge >= 0.3 is 0 Å². The molecule has 8 nitrogen and oxygen atoms in total. The average Bonchev–Trinajstić information content (AvgIpc) is 3.07. The summed E-state index contributed by atoms with van der Waals surface area (Å²) in [7, 11) is -4.25. The molecule has 0 radical (unpaired) electrons. The molecule has 4 aromatic carbocycles. The molecule has 1 N–H and O–H groups in total. The molecular formula is C37H42ClN3O5S. The molecule has 0 aliphatic rings. The molecule has 0 aliphatic carbocycles. The Hall–Kier alpha value is -4.34. The first kappa shape index (κ1) is 35.5. The van der Waals surface area contributed by atoms with Gasteiger partial charge in [-0.15, -0.1) is 0 Å². The number of nitrogens with one attached hydrogen (secondary N) is 1. The number of hydrogen-bond donors (Lipinski definition) is 1. The van der Waals surface area contributed by atoms with Crippen LogP contribution in [0.15, 0.2) is 108 Å². The highest BCUT2D eigenvalue weighted by atomic mass is 35.5. The van der Waals surface area contributed by atoms with E-state index < -0.39 is 28.5 Å². The van der Waals surface area contributed by atoms with Crippen molar-refractivity contribution < 1.29 is 22.7 Å². The Labute approximate surface area is 283 Å². The van der Waals surface area contributed by atoms with E-state index in [1.54, 1.807) is 24.3 Å². The lowest BCUT2D eigenvalue weighted by molar-refractivity contribution is -0.140. The molecule has 2 atom stereocenters. The lowest BCUT2D eigenvalue weighted by Crippen LogP contribution is -2.54. The first-order chi connectivity index (χ1) is 22.5. The van der Waals surface area contributed by atoms with Gasteiger partial charge in [-0.1, -0.05) is 78.7 Å². The highest BCUT2D eigenvalue weighted by molar-refractivity contribution is 7.92. The van der Waals surface area contributed by atoms with Gasteiger partial charge in [-0.25, -0.2) is 8.42 Å². The molecule has 248 valence electrons. The van der Waals surface area contributed by atoms with Crippen LogP contribution in [0.5, 0.6) is 5.75 Å². The number of halogens is 1. The molecule has 0 aliphatic heterocycles. The van der Waals surface area contributed by atoms with Crippen molar-refractivity contribution in [1.29, 1.82) is 0 Å². The number of carbonyl (C=O) groups is 2. The lowest BCUT2D eigenvalue weighted by Gasteiger charge is -2.34. The number of carbonyl (C=O) groups excluding carboxylic acids is 2. The van der Waals surface area contributed by atoms with Crippen LogP contribution >= 0.6 is 11.6 Å². The van der Waals surface area contributed by atoms with Gasteiger partial charge in [0.05, 0.1) is 17.2 Å². The molecule has 0 spiro atoms. The summed E-state index contributed by atoms with van der Waals surface area (Å²) in [6.45, 7) is 7.71. The summed E-state index contributed by atoms with van der Waals surface area (Å²) in [5, 5.41) is 3.44. The molecule has 10 heteroatoms. The predicted octanol–water partition coefficient (Wildman–Crippen LogP) is 6.80. The molecule has 4 aromatic rings. The fraction of sp³-hybridized carbons (Fsp3) is 0.297. The van der Waals surface area contributed by atoms with Gasteiger partial charge in [0.25, 0.3) is 10.0 Å². The van der Waals surface area contributed by atoms with E-state index in [0.717, 1.165) is 21.0 Å². The minimum atomic E-state index is -4.25. The van der Waals surface area contributed by atoms with E-state index in [1.165, 1.54) is 29.2 Å². The highest BCUT2D eigenvalue weighted by Gasteiger charge is 2.35. The van der Waals surface area contributed by atoms with Gasteiger partial charge in [-0.2, -0.15) is 0 Å². The fourth-order valence-electron chi connectivity index (χ4n) is 5.02. The molecule has 0 saturated heterocycles. The van der Waals surface area contributed by atoms with Crippen LogP contribution in [0.1, 0.15) is 43.9 Å². The zero-order valence-corrected chi connectivity index (χ0v) is 28.8.